The van der Waals surface area contributed by atoms with E-state index in [4.69, 9.17) is 23.1 Å². The van der Waals surface area contributed by atoms with Gasteiger partial charge in [0.15, 0.2) is 0 Å². The Morgan fingerprint density at radius 2 is 1.81 bits per heavy atom. The van der Waals surface area contributed by atoms with Crippen LogP contribution < -0.4 is 11.5 Å². The molecule has 0 saturated carbocycles. The topological polar surface area (TPSA) is 91.1 Å². The molecule has 134 valence electrons. The summed E-state index contributed by atoms with van der Waals surface area (Å²) in [6.45, 7) is 2.51. The molecule has 0 fully saturated rings. The molecule has 26 heavy (non-hydrogen) atoms. The van der Waals surface area contributed by atoms with Gasteiger partial charge in [-0.25, -0.2) is 0 Å². The Morgan fingerprint density at radius 1 is 1.08 bits per heavy atom. The maximum Gasteiger partial charge on any atom is 0.251 e. The van der Waals surface area contributed by atoms with Crippen molar-refractivity contribution in [3.05, 3.63) is 69.9 Å². The number of primary amides is 2. The van der Waals surface area contributed by atoms with Gasteiger partial charge in [-0.05, 0) is 30.2 Å². The van der Waals surface area contributed by atoms with Gasteiger partial charge in [0.2, 0.25) is 5.91 Å². The number of nitrogens with two attached hydrogens (primary N) is 2. The highest BCUT2D eigenvalue weighted by Crippen LogP contribution is 2.30. The van der Waals surface area contributed by atoms with Crippen LogP contribution in [0.2, 0.25) is 5.02 Å². The maximum absolute atomic E-state index is 12.2. The first-order chi connectivity index (χ1) is 12.4. The minimum Gasteiger partial charge on any atom is -0.366 e. The highest BCUT2D eigenvalue weighted by molar-refractivity contribution is 6.31. The summed E-state index contributed by atoms with van der Waals surface area (Å²) in [5, 5.41) is 1.36. The molecule has 1 aromatic heterocycles. The quantitative estimate of drug-likeness (QED) is 0.696. The van der Waals surface area contributed by atoms with Crippen LogP contribution in [0.15, 0.2) is 42.5 Å². The van der Waals surface area contributed by atoms with Gasteiger partial charge in [-0.1, -0.05) is 49.2 Å². The van der Waals surface area contributed by atoms with Gasteiger partial charge in [-0.15, -0.1) is 0 Å². The van der Waals surface area contributed by atoms with Gasteiger partial charge in [-0.2, -0.15) is 0 Å². The molecule has 3 aromatic rings. The average Bonchev–Trinajstić information content (AvgIpc) is 2.90. The minimum atomic E-state index is -0.518. The lowest BCUT2D eigenvalue weighted by atomic mass is 10.1. The molecule has 2 aromatic carbocycles. The Hall–Kier alpha value is -2.79. The first kappa shape index (κ1) is 18.0. The van der Waals surface area contributed by atoms with Crippen LogP contribution in [0.5, 0.6) is 0 Å². The standard InChI is InChI=1S/C20H20ClN3O2/c1-2-5-16-18(20(23)26)14-9-8-12(19(22)25)10-17(14)24(16)11-13-6-3-4-7-15(13)21/h3-4,6-10H,2,5,11H2,1H3,(H2,22,25)(H2,23,26). The van der Waals surface area contributed by atoms with Crippen molar-refractivity contribution in [2.75, 3.05) is 0 Å². The molecule has 2 amide bonds. The van der Waals surface area contributed by atoms with Crippen LogP contribution in [-0.4, -0.2) is 16.4 Å². The lowest BCUT2D eigenvalue weighted by molar-refractivity contribution is 0.0992. The monoisotopic (exact) mass is 369 g/mol. The average molecular weight is 370 g/mol. The van der Waals surface area contributed by atoms with Gasteiger partial charge in [-0.3, -0.25) is 9.59 Å². The first-order valence-corrected chi connectivity index (χ1v) is 8.80. The molecule has 0 atom stereocenters. The van der Waals surface area contributed by atoms with E-state index in [2.05, 4.69) is 0 Å². The predicted octanol–water partition coefficient (Wildman–Crippen LogP) is 3.49. The zero-order chi connectivity index (χ0) is 18.8. The molecule has 4 N–H and O–H groups in total. The van der Waals surface area contributed by atoms with Crippen LogP contribution >= 0.6 is 11.6 Å². The fourth-order valence-corrected chi connectivity index (χ4v) is 3.50. The van der Waals surface area contributed by atoms with Crippen LogP contribution in [0.4, 0.5) is 0 Å². The molecule has 6 heteroatoms. The van der Waals surface area contributed by atoms with Gasteiger partial charge in [0.1, 0.15) is 0 Å². The number of fused-ring (bicyclic) bond motifs is 1. The highest BCUT2D eigenvalue weighted by atomic mass is 35.5. The number of halogens is 1. The van der Waals surface area contributed by atoms with E-state index in [0.29, 0.717) is 29.1 Å². The molecule has 0 aliphatic heterocycles. The van der Waals surface area contributed by atoms with Crippen molar-refractivity contribution in [3.63, 3.8) is 0 Å². The van der Waals surface area contributed by atoms with Crippen LogP contribution in [0.3, 0.4) is 0 Å². The molecule has 0 bridgehead atoms. The number of benzene rings is 2. The second-order valence-corrected chi connectivity index (χ2v) is 6.62. The molecule has 0 spiro atoms. The van der Waals surface area contributed by atoms with Crippen molar-refractivity contribution in [1.82, 2.24) is 4.57 Å². The Labute approximate surface area is 156 Å². The third-order valence-electron chi connectivity index (χ3n) is 4.48. The zero-order valence-corrected chi connectivity index (χ0v) is 15.2. The van der Waals surface area contributed by atoms with Crippen molar-refractivity contribution in [2.24, 2.45) is 11.5 Å². The van der Waals surface area contributed by atoms with E-state index in [1.807, 2.05) is 35.8 Å². The zero-order valence-electron chi connectivity index (χ0n) is 14.5. The van der Waals surface area contributed by atoms with E-state index in [-0.39, 0.29) is 0 Å². The number of amides is 2. The number of hydrogen-bond donors (Lipinski definition) is 2. The van der Waals surface area contributed by atoms with E-state index < -0.39 is 11.8 Å². The summed E-state index contributed by atoms with van der Waals surface area (Å²) in [4.78, 5) is 23.8. The molecule has 5 nitrogen and oxygen atoms in total. The van der Waals surface area contributed by atoms with Gasteiger partial charge < -0.3 is 16.0 Å². The minimum absolute atomic E-state index is 0.384. The molecule has 3 rings (SSSR count). The molecule has 0 unspecified atom stereocenters. The third-order valence-corrected chi connectivity index (χ3v) is 4.85. The van der Waals surface area contributed by atoms with Crippen LogP contribution in [0, 0.1) is 0 Å². The van der Waals surface area contributed by atoms with Crippen molar-refractivity contribution < 1.29 is 9.59 Å². The largest absolute Gasteiger partial charge is 0.366 e. The molecule has 0 radical (unpaired) electrons. The second kappa shape index (κ2) is 7.22. The van der Waals surface area contributed by atoms with Crippen molar-refractivity contribution >= 4 is 34.3 Å². The lowest BCUT2D eigenvalue weighted by Crippen LogP contribution is -2.15. The summed E-state index contributed by atoms with van der Waals surface area (Å²) in [5.41, 5.74) is 14.5. The van der Waals surface area contributed by atoms with Gasteiger partial charge in [0.25, 0.3) is 5.91 Å². The summed E-state index contributed by atoms with van der Waals surface area (Å²) < 4.78 is 2.01. The summed E-state index contributed by atoms with van der Waals surface area (Å²) in [7, 11) is 0. The van der Waals surface area contributed by atoms with E-state index in [1.54, 1.807) is 18.2 Å². The van der Waals surface area contributed by atoms with Crippen LogP contribution in [0.1, 0.15) is 45.3 Å². The second-order valence-electron chi connectivity index (χ2n) is 6.21. The van der Waals surface area contributed by atoms with Crippen molar-refractivity contribution in [1.29, 1.82) is 0 Å². The number of aromatic nitrogens is 1. The number of nitrogens with zero attached hydrogens (tertiary/aromatic N) is 1. The number of carbonyl (C=O) groups is 2. The summed E-state index contributed by atoms with van der Waals surface area (Å²) in [5.74, 6) is -1.00. The molecular formula is C20H20ClN3O2. The third kappa shape index (κ3) is 3.18. The SMILES string of the molecule is CCCc1c(C(N)=O)c2ccc(C(N)=O)cc2n1Cc1ccccc1Cl. The van der Waals surface area contributed by atoms with E-state index in [0.717, 1.165) is 28.6 Å². The highest BCUT2D eigenvalue weighted by Gasteiger charge is 2.21. The van der Waals surface area contributed by atoms with Crippen LogP contribution in [0.25, 0.3) is 10.9 Å². The van der Waals surface area contributed by atoms with E-state index >= 15 is 0 Å². The van der Waals surface area contributed by atoms with Crippen molar-refractivity contribution in [3.8, 4) is 0 Å². The fourth-order valence-electron chi connectivity index (χ4n) is 3.30. The normalized spacial score (nSPS) is 11.0. The maximum atomic E-state index is 12.2. The molecule has 0 saturated heterocycles. The lowest BCUT2D eigenvalue weighted by Gasteiger charge is -2.13. The Kier molecular flexibility index (Phi) is 5.00. The molecule has 0 aliphatic carbocycles. The van der Waals surface area contributed by atoms with E-state index in [1.165, 1.54) is 0 Å². The van der Waals surface area contributed by atoms with Gasteiger partial charge in [0.05, 0.1) is 11.1 Å². The Bertz CT molecular complexity index is 1010. The number of hydrogen-bond acceptors (Lipinski definition) is 2. The van der Waals surface area contributed by atoms with Gasteiger partial charge in [0, 0.05) is 28.2 Å². The molecule has 0 aliphatic rings. The van der Waals surface area contributed by atoms with Crippen LogP contribution in [-0.2, 0) is 13.0 Å². The fraction of sp³-hybridized carbons (Fsp3) is 0.200. The first-order valence-electron chi connectivity index (χ1n) is 8.42. The summed E-state index contributed by atoms with van der Waals surface area (Å²) >= 11 is 6.33. The number of carbonyl (C=O) groups excluding carboxylic acids is 2. The number of rotatable bonds is 6. The molecular weight excluding hydrogens is 350 g/mol. The molecule has 1 heterocycles. The Balaban J connectivity index is 2.31. The predicted molar refractivity (Wildman–Crippen MR) is 104 cm³/mol. The van der Waals surface area contributed by atoms with Crippen molar-refractivity contribution in [2.45, 2.75) is 26.3 Å². The summed E-state index contributed by atoms with van der Waals surface area (Å²) in [6.07, 6.45) is 1.53. The smallest absolute Gasteiger partial charge is 0.251 e. The van der Waals surface area contributed by atoms with Gasteiger partial charge >= 0.3 is 0 Å². The van der Waals surface area contributed by atoms with E-state index in [9.17, 15) is 9.59 Å². The summed E-state index contributed by atoms with van der Waals surface area (Å²) in [6, 6.07) is 12.6. The Morgan fingerprint density at radius 3 is 2.42 bits per heavy atom.